The van der Waals surface area contributed by atoms with Crippen LogP contribution in [0.2, 0.25) is 0 Å². The number of hydrogen-bond donors (Lipinski definition) is 0. The SMILES string of the molecule is COc1ccc(-c2cc(-c3ccc4c(ccc5ccccc54)c3)nc(O[C@@H]3O[C@H](COC(C)=O)[C@H](OC(C)=O)[C@H](OC(C)=O)[C@H]3OC(C)=O)c2C#N)cc1. The summed E-state index contributed by atoms with van der Waals surface area (Å²) in [5, 5.41) is 14.8. The number of nitrogens with zero attached hydrogens (tertiary/aromatic N) is 2. The summed E-state index contributed by atoms with van der Waals surface area (Å²) in [6.07, 6.45) is -7.32. The number of hydrogen-bond acceptors (Lipinski definition) is 13. The van der Waals surface area contributed by atoms with Gasteiger partial charge in [-0.2, -0.15) is 5.26 Å². The lowest BCUT2D eigenvalue weighted by Gasteiger charge is -2.43. The number of methoxy groups -OCH3 is 1. The molecule has 13 nitrogen and oxygen atoms in total. The van der Waals surface area contributed by atoms with Crippen LogP contribution in [0.4, 0.5) is 0 Å². The molecule has 4 aromatic carbocycles. The van der Waals surface area contributed by atoms with Gasteiger partial charge in [-0.3, -0.25) is 19.2 Å². The Morgan fingerprint density at radius 2 is 1.35 bits per heavy atom. The minimum atomic E-state index is -1.62. The average molecular weight is 733 g/mol. The van der Waals surface area contributed by atoms with Crippen molar-refractivity contribution in [2.24, 2.45) is 0 Å². The van der Waals surface area contributed by atoms with E-state index in [0.717, 1.165) is 42.3 Å². The number of esters is 4. The Hall–Kier alpha value is -6.52. The first-order valence-corrected chi connectivity index (χ1v) is 16.9. The molecule has 1 saturated heterocycles. The van der Waals surface area contributed by atoms with E-state index >= 15 is 0 Å². The van der Waals surface area contributed by atoms with E-state index in [-0.39, 0.29) is 11.4 Å². The number of carbonyl (C=O) groups excluding carboxylic acids is 4. The van der Waals surface area contributed by atoms with E-state index in [9.17, 15) is 24.4 Å². The van der Waals surface area contributed by atoms with Gasteiger partial charge in [-0.15, -0.1) is 0 Å². The van der Waals surface area contributed by atoms with Gasteiger partial charge in [0.25, 0.3) is 0 Å². The summed E-state index contributed by atoms with van der Waals surface area (Å²) < 4.78 is 39.8. The number of pyridine rings is 1. The Balaban J connectivity index is 1.51. The van der Waals surface area contributed by atoms with E-state index in [2.05, 4.69) is 12.1 Å². The third kappa shape index (κ3) is 8.09. The van der Waals surface area contributed by atoms with Crippen LogP contribution in [-0.4, -0.2) is 73.3 Å². The molecule has 13 heteroatoms. The minimum Gasteiger partial charge on any atom is -0.497 e. The molecule has 1 aromatic heterocycles. The highest BCUT2D eigenvalue weighted by Gasteiger charge is 2.53. The Morgan fingerprint density at radius 3 is 2.02 bits per heavy atom. The van der Waals surface area contributed by atoms with Crippen molar-refractivity contribution in [3.63, 3.8) is 0 Å². The number of fused-ring (bicyclic) bond motifs is 3. The maximum atomic E-state index is 12.5. The van der Waals surface area contributed by atoms with E-state index in [0.29, 0.717) is 28.1 Å². The summed E-state index contributed by atoms with van der Waals surface area (Å²) in [6.45, 7) is 4.08. The molecule has 0 aliphatic carbocycles. The number of benzene rings is 4. The van der Waals surface area contributed by atoms with Crippen molar-refractivity contribution >= 4 is 45.4 Å². The van der Waals surface area contributed by atoms with Crippen LogP contribution in [0.15, 0.2) is 84.9 Å². The third-order valence-electron chi connectivity index (χ3n) is 8.72. The molecule has 5 aromatic rings. The molecule has 5 atom stereocenters. The molecule has 0 N–H and O–H groups in total. The van der Waals surface area contributed by atoms with Crippen LogP contribution in [0, 0.1) is 11.3 Å². The van der Waals surface area contributed by atoms with Gasteiger partial charge < -0.3 is 33.2 Å². The van der Waals surface area contributed by atoms with Gasteiger partial charge in [0.15, 0.2) is 12.2 Å². The van der Waals surface area contributed by atoms with E-state index < -0.39 is 61.2 Å². The first kappa shape index (κ1) is 37.2. The molecule has 0 spiro atoms. The fourth-order valence-corrected chi connectivity index (χ4v) is 6.43. The van der Waals surface area contributed by atoms with Gasteiger partial charge in [0.1, 0.15) is 30.1 Å². The van der Waals surface area contributed by atoms with Crippen LogP contribution in [0.3, 0.4) is 0 Å². The summed E-state index contributed by atoms with van der Waals surface area (Å²) in [5.41, 5.74) is 2.21. The zero-order valence-electron chi connectivity index (χ0n) is 30.1. The second-order valence-electron chi connectivity index (χ2n) is 12.5. The number of aromatic nitrogens is 1. The third-order valence-corrected chi connectivity index (χ3v) is 8.72. The topological polar surface area (TPSA) is 170 Å². The quantitative estimate of drug-likeness (QED) is 0.0923. The van der Waals surface area contributed by atoms with Crippen molar-refractivity contribution in [2.45, 2.75) is 58.4 Å². The van der Waals surface area contributed by atoms with Gasteiger partial charge in [-0.05, 0) is 51.4 Å². The largest absolute Gasteiger partial charge is 0.497 e. The fraction of sp³-hybridized carbons (Fsp3) is 0.268. The molecule has 0 unspecified atom stereocenters. The van der Waals surface area contributed by atoms with Crippen molar-refractivity contribution in [1.82, 2.24) is 4.98 Å². The second-order valence-corrected chi connectivity index (χ2v) is 12.5. The molecule has 1 aliphatic heterocycles. The van der Waals surface area contributed by atoms with Gasteiger partial charge in [0, 0.05) is 38.8 Å². The summed E-state index contributed by atoms with van der Waals surface area (Å²) in [6, 6.07) is 29.0. The fourth-order valence-electron chi connectivity index (χ4n) is 6.43. The zero-order valence-corrected chi connectivity index (χ0v) is 30.1. The number of nitriles is 1. The van der Waals surface area contributed by atoms with Gasteiger partial charge in [0.05, 0.1) is 12.8 Å². The monoisotopic (exact) mass is 732 g/mol. The Morgan fingerprint density at radius 1 is 0.722 bits per heavy atom. The Labute approximate surface area is 310 Å². The smallest absolute Gasteiger partial charge is 0.303 e. The molecule has 1 aliphatic rings. The summed E-state index contributed by atoms with van der Waals surface area (Å²) >= 11 is 0. The lowest BCUT2D eigenvalue weighted by Crippen LogP contribution is -2.63. The van der Waals surface area contributed by atoms with Crippen LogP contribution >= 0.6 is 0 Å². The molecule has 2 heterocycles. The van der Waals surface area contributed by atoms with Crippen LogP contribution in [0.5, 0.6) is 11.6 Å². The predicted molar refractivity (Wildman–Crippen MR) is 194 cm³/mol. The van der Waals surface area contributed by atoms with Crippen molar-refractivity contribution in [2.75, 3.05) is 13.7 Å². The second kappa shape index (κ2) is 16.0. The highest BCUT2D eigenvalue weighted by atomic mass is 16.7. The van der Waals surface area contributed by atoms with Crippen molar-refractivity contribution in [3.05, 3.63) is 90.5 Å². The van der Waals surface area contributed by atoms with Crippen molar-refractivity contribution in [1.29, 1.82) is 5.26 Å². The van der Waals surface area contributed by atoms with E-state index in [1.807, 2.05) is 48.5 Å². The summed E-state index contributed by atoms with van der Waals surface area (Å²) in [7, 11) is 1.54. The molecule has 0 saturated carbocycles. The molecule has 1 fully saturated rings. The minimum absolute atomic E-state index is 0.00329. The molecule has 0 bridgehead atoms. The first-order valence-electron chi connectivity index (χ1n) is 16.9. The summed E-state index contributed by atoms with van der Waals surface area (Å²) in [4.78, 5) is 53.7. The Bertz CT molecular complexity index is 2280. The van der Waals surface area contributed by atoms with E-state index in [1.165, 1.54) is 6.92 Å². The van der Waals surface area contributed by atoms with Crippen molar-refractivity contribution < 1.29 is 52.3 Å². The maximum absolute atomic E-state index is 12.5. The zero-order chi connectivity index (χ0) is 38.5. The molecule has 0 radical (unpaired) electrons. The first-order chi connectivity index (χ1) is 25.9. The predicted octanol–water partition coefficient (Wildman–Crippen LogP) is 6.06. The van der Waals surface area contributed by atoms with Gasteiger partial charge in [-0.25, -0.2) is 4.98 Å². The molecular weight excluding hydrogens is 696 g/mol. The average Bonchev–Trinajstić information content (AvgIpc) is 3.15. The maximum Gasteiger partial charge on any atom is 0.303 e. The number of carbonyl (C=O) groups is 4. The molecule has 276 valence electrons. The van der Waals surface area contributed by atoms with E-state index in [4.69, 9.17) is 38.1 Å². The summed E-state index contributed by atoms with van der Waals surface area (Å²) in [5.74, 6) is -2.66. The van der Waals surface area contributed by atoms with Gasteiger partial charge in [0.2, 0.25) is 18.3 Å². The van der Waals surface area contributed by atoms with Gasteiger partial charge >= 0.3 is 23.9 Å². The van der Waals surface area contributed by atoms with Gasteiger partial charge in [-0.1, -0.05) is 60.7 Å². The van der Waals surface area contributed by atoms with Crippen LogP contribution in [0.25, 0.3) is 43.9 Å². The van der Waals surface area contributed by atoms with Crippen LogP contribution in [0.1, 0.15) is 33.3 Å². The Kier molecular flexibility index (Phi) is 11.0. The molecule has 54 heavy (non-hydrogen) atoms. The van der Waals surface area contributed by atoms with Crippen LogP contribution in [-0.2, 0) is 42.9 Å². The highest BCUT2D eigenvalue weighted by molar-refractivity contribution is 6.08. The molecule has 0 amide bonds. The standard InChI is InChI=1S/C41H36N2O11/c1-22(44)49-21-36-37(50-23(2)45)38(51-24(3)46)39(52-25(4)47)41(53-36)54-40-34(20-42)33(27-12-15-30(48-5)16-13-27)19-35(43-40)29-14-17-32-28(18-29)11-10-26-8-6-7-9-31(26)32/h6-19,36-39,41H,21H2,1-5H3/t36-,37+,38+,39-,41+/m1/s1. The highest BCUT2D eigenvalue weighted by Crippen LogP contribution is 2.38. The normalized spacial score (nSPS) is 19.3. The number of ether oxygens (including phenoxy) is 7. The lowest BCUT2D eigenvalue weighted by atomic mass is 9.96. The number of rotatable bonds is 10. The molecular formula is C41H36N2O11. The van der Waals surface area contributed by atoms with E-state index in [1.54, 1.807) is 37.4 Å². The van der Waals surface area contributed by atoms with Crippen LogP contribution < -0.4 is 9.47 Å². The molecule has 6 rings (SSSR count). The lowest BCUT2D eigenvalue weighted by molar-refractivity contribution is -0.289. The van der Waals surface area contributed by atoms with Crippen molar-refractivity contribution in [3.8, 4) is 40.1 Å².